The summed E-state index contributed by atoms with van der Waals surface area (Å²) in [5.74, 6) is 0. The third-order valence-electron chi connectivity index (χ3n) is 2.51. The van der Waals surface area contributed by atoms with Crippen LogP contribution in [0.2, 0.25) is 5.02 Å². The highest BCUT2D eigenvalue weighted by Gasteiger charge is 1.98. The van der Waals surface area contributed by atoms with Gasteiger partial charge in [0.05, 0.1) is 10.8 Å². The van der Waals surface area contributed by atoms with Crippen molar-refractivity contribution < 1.29 is 4.21 Å². The maximum absolute atomic E-state index is 12.0. The summed E-state index contributed by atoms with van der Waals surface area (Å²) in [5, 5.41) is 2.39. The summed E-state index contributed by atoms with van der Waals surface area (Å²) in [6, 6.07) is 15.1. The fourth-order valence-electron chi connectivity index (χ4n) is 1.47. The molecule has 92 valence electrons. The molecule has 0 spiro atoms. The zero-order valence-corrected chi connectivity index (χ0v) is 11.5. The van der Waals surface area contributed by atoms with E-state index in [1.807, 2.05) is 61.5 Å². The molecule has 0 radical (unpaired) electrons. The Morgan fingerprint density at radius 1 is 1.00 bits per heavy atom. The molecule has 2 rings (SSSR count). The molecule has 0 fully saturated rings. The van der Waals surface area contributed by atoms with E-state index in [2.05, 4.69) is 0 Å². The van der Waals surface area contributed by atoms with Gasteiger partial charge in [-0.25, -0.2) is 4.21 Å². The highest BCUT2D eigenvalue weighted by molar-refractivity contribution is 7.88. The molecule has 0 heterocycles. The Bertz CT molecular complexity index is 570. The zero-order valence-electron chi connectivity index (χ0n) is 9.97. The van der Waals surface area contributed by atoms with E-state index in [9.17, 15) is 4.21 Å². The second-order valence-corrected chi connectivity index (χ2v) is 5.74. The van der Waals surface area contributed by atoms with Gasteiger partial charge in [0.15, 0.2) is 0 Å². The SMILES string of the molecule is Cc1ccc(S(=O)/C=C/c2ccc(Cl)cc2)cc1. The first-order chi connectivity index (χ1) is 8.65. The molecular weight excluding hydrogens is 264 g/mol. The Morgan fingerprint density at radius 3 is 2.22 bits per heavy atom. The van der Waals surface area contributed by atoms with Crippen molar-refractivity contribution in [3.05, 3.63) is 70.1 Å². The average Bonchev–Trinajstić information content (AvgIpc) is 2.38. The molecule has 0 aliphatic rings. The van der Waals surface area contributed by atoms with Crippen LogP contribution in [-0.2, 0) is 10.8 Å². The van der Waals surface area contributed by atoms with E-state index in [1.165, 1.54) is 0 Å². The second kappa shape index (κ2) is 5.98. The van der Waals surface area contributed by atoms with Gasteiger partial charge in [0.1, 0.15) is 0 Å². The van der Waals surface area contributed by atoms with Crippen molar-refractivity contribution >= 4 is 28.5 Å². The van der Waals surface area contributed by atoms with Crippen LogP contribution in [0.1, 0.15) is 11.1 Å². The van der Waals surface area contributed by atoms with Crippen LogP contribution in [0.5, 0.6) is 0 Å². The maximum Gasteiger partial charge on any atom is 0.0776 e. The molecule has 2 aromatic carbocycles. The molecule has 0 amide bonds. The Balaban J connectivity index is 2.11. The average molecular weight is 277 g/mol. The topological polar surface area (TPSA) is 17.1 Å². The van der Waals surface area contributed by atoms with Gasteiger partial charge in [0, 0.05) is 15.3 Å². The normalized spacial score (nSPS) is 12.8. The van der Waals surface area contributed by atoms with Crippen molar-refractivity contribution in [1.82, 2.24) is 0 Å². The van der Waals surface area contributed by atoms with Crippen molar-refractivity contribution in [2.24, 2.45) is 0 Å². The van der Waals surface area contributed by atoms with E-state index in [0.717, 1.165) is 16.0 Å². The van der Waals surface area contributed by atoms with E-state index in [4.69, 9.17) is 11.6 Å². The molecule has 0 bridgehead atoms. The molecule has 0 aliphatic heterocycles. The van der Waals surface area contributed by atoms with Crippen molar-refractivity contribution in [2.75, 3.05) is 0 Å². The summed E-state index contributed by atoms with van der Waals surface area (Å²) in [6.45, 7) is 2.01. The summed E-state index contributed by atoms with van der Waals surface area (Å²) >= 11 is 5.80. The van der Waals surface area contributed by atoms with Crippen molar-refractivity contribution in [2.45, 2.75) is 11.8 Å². The monoisotopic (exact) mass is 276 g/mol. The molecule has 18 heavy (non-hydrogen) atoms. The summed E-state index contributed by atoms with van der Waals surface area (Å²) in [7, 11) is -1.11. The molecule has 3 heteroatoms. The van der Waals surface area contributed by atoms with Crippen molar-refractivity contribution in [1.29, 1.82) is 0 Å². The molecule has 0 saturated carbocycles. The van der Waals surface area contributed by atoms with Gasteiger partial charge < -0.3 is 0 Å². The van der Waals surface area contributed by atoms with Crippen LogP contribution in [0.25, 0.3) is 6.08 Å². The molecular formula is C15H13ClOS. The van der Waals surface area contributed by atoms with Crippen LogP contribution < -0.4 is 0 Å². The largest absolute Gasteiger partial charge is 0.250 e. The molecule has 0 N–H and O–H groups in total. The lowest BCUT2D eigenvalue weighted by atomic mass is 10.2. The van der Waals surface area contributed by atoms with Crippen LogP contribution in [0, 0.1) is 6.92 Å². The Hall–Kier alpha value is -1.38. The first-order valence-electron chi connectivity index (χ1n) is 5.56. The predicted molar refractivity (Wildman–Crippen MR) is 78.1 cm³/mol. The van der Waals surface area contributed by atoms with Gasteiger partial charge >= 0.3 is 0 Å². The fourth-order valence-corrected chi connectivity index (χ4v) is 2.43. The van der Waals surface area contributed by atoms with Gasteiger partial charge in [-0.05, 0) is 42.8 Å². The summed E-state index contributed by atoms with van der Waals surface area (Å²) < 4.78 is 12.0. The van der Waals surface area contributed by atoms with Gasteiger partial charge in [0.25, 0.3) is 0 Å². The maximum atomic E-state index is 12.0. The summed E-state index contributed by atoms with van der Waals surface area (Å²) in [6.07, 6.45) is 1.84. The van der Waals surface area contributed by atoms with Gasteiger partial charge in [-0.15, -0.1) is 0 Å². The van der Waals surface area contributed by atoms with Crippen LogP contribution in [-0.4, -0.2) is 4.21 Å². The molecule has 0 aromatic heterocycles. The van der Waals surface area contributed by atoms with Crippen LogP contribution in [0.15, 0.2) is 58.8 Å². The van der Waals surface area contributed by atoms with Crippen LogP contribution in [0.3, 0.4) is 0 Å². The lowest BCUT2D eigenvalue weighted by Gasteiger charge is -1.98. The third-order valence-corrected chi connectivity index (χ3v) is 3.88. The van der Waals surface area contributed by atoms with Gasteiger partial charge in [-0.2, -0.15) is 0 Å². The summed E-state index contributed by atoms with van der Waals surface area (Å²) in [5.41, 5.74) is 2.15. The Morgan fingerprint density at radius 2 is 1.61 bits per heavy atom. The number of rotatable bonds is 3. The number of hydrogen-bond acceptors (Lipinski definition) is 1. The minimum atomic E-state index is -1.11. The second-order valence-electron chi connectivity index (χ2n) is 3.96. The molecule has 1 atom stereocenters. The van der Waals surface area contributed by atoms with Crippen molar-refractivity contribution in [3.8, 4) is 0 Å². The molecule has 0 aliphatic carbocycles. The lowest BCUT2D eigenvalue weighted by Crippen LogP contribution is -1.86. The standard InChI is InChI=1S/C15H13ClOS/c1-12-2-8-15(9-3-12)18(17)11-10-13-4-6-14(16)7-5-13/h2-11H,1H3/b11-10+. The van der Waals surface area contributed by atoms with Crippen molar-refractivity contribution in [3.63, 3.8) is 0 Å². The van der Waals surface area contributed by atoms with Crippen LogP contribution in [0.4, 0.5) is 0 Å². The van der Waals surface area contributed by atoms with Crippen LogP contribution >= 0.6 is 11.6 Å². The Labute approximate surface area is 115 Å². The minimum Gasteiger partial charge on any atom is -0.250 e. The smallest absolute Gasteiger partial charge is 0.0776 e. The van der Waals surface area contributed by atoms with E-state index >= 15 is 0 Å². The molecule has 1 nitrogen and oxygen atoms in total. The number of benzene rings is 2. The quantitative estimate of drug-likeness (QED) is 0.811. The predicted octanol–water partition coefficient (Wildman–Crippen LogP) is 4.43. The highest BCUT2D eigenvalue weighted by atomic mass is 35.5. The highest BCUT2D eigenvalue weighted by Crippen LogP contribution is 2.13. The van der Waals surface area contributed by atoms with E-state index in [0.29, 0.717) is 5.02 Å². The molecule has 1 unspecified atom stereocenters. The fraction of sp³-hybridized carbons (Fsp3) is 0.0667. The molecule has 0 saturated heterocycles. The van der Waals surface area contributed by atoms with Gasteiger partial charge in [-0.3, -0.25) is 0 Å². The van der Waals surface area contributed by atoms with Gasteiger partial charge in [0.2, 0.25) is 0 Å². The number of hydrogen-bond donors (Lipinski definition) is 0. The molecule has 2 aromatic rings. The number of halogens is 1. The van der Waals surface area contributed by atoms with E-state index < -0.39 is 10.8 Å². The lowest BCUT2D eigenvalue weighted by molar-refractivity contribution is 0.688. The minimum absolute atomic E-state index is 0.701. The third kappa shape index (κ3) is 3.56. The van der Waals surface area contributed by atoms with E-state index in [1.54, 1.807) is 5.41 Å². The first kappa shape index (κ1) is 13.1. The zero-order chi connectivity index (χ0) is 13.0. The summed E-state index contributed by atoms with van der Waals surface area (Å²) in [4.78, 5) is 0.811. The van der Waals surface area contributed by atoms with Gasteiger partial charge in [-0.1, -0.05) is 41.4 Å². The Kier molecular flexibility index (Phi) is 4.34. The van der Waals surface area contributed by atoms with E-state index in [-0.39, 0.29) is 0 Å². The first-order valence-corrected chi connectivity index (χ1v) is 7.15. The number of aryl methyl sites for hydroxylation is 1.